The zero-order chi connectivity index (χ0) is 18.4. The predicted molar refractivity (Wildman–Crippen MR) is 103 cm³/mol. The topological polar surface area (TPSA) is 51.0 Å². The molecule has 0 N–H and O–H groups in total. The second-order valence-corrected chi connectivity index (χ2v) is 8.05. The van der Waals surface area contributed by atoms with Crippen molar-refractivity contribution in [2.75, 3.05) is 18.8 Å². The molecule has 0 unspecified atom stereocenters. The van der Waals surface area contributed by atoms with E-state index in [1.807, 2.05) is 46.8 Å². The molecular weight excluding hydrogens is 332 g/mol. The van der Waals surface area contributed by atoms with Crippen molar-refractivity contribution in [3.05, 3.63) is 30.3 Å². The van der Waals surface area contributed by atoms with Crippen LogP contribution in [0.15, 0.2) is 35.5 Å². The number of benzene rings is 1. The van der Waals surface area contributed by atoms with Crippen molar-refractivity contribution in [1.29, 1.82) is 0 Å². The zero-order valence-electron chi connectivity index (χ0n) is 15.8. The number of thioether (sulfide) groups is 1. The Morgan fingerprint density at radius 1 is 1.08 bits per heavy atom. The van der Waals surface area contributed by atoms with Gasteiger partial charge in [0.2, 0.25) is 5.91 Å². The van der Waals surface area contributed by atoms with Crippen LogP contribution >= 0.6 is 11.8 Å². The number of amides is 1. The van der Waals surface area contributed by atoms with E-state index in [-0.39, 0.29) is 5.91 Å². The molecule has 2 aromatic rings. The lowest BCUT2D eigenvalue weighted by molar-refractivity contribution is -0.129. The third-order valence-corrected chi connectivity index (χ3v) is 4.72. The molecule has 0 saturated heterocycles. The number of hydrogen-bond donors (Lipinski definition) is 0. The summed E-state index contributed by atoms with van der Waals surface area (Å²) >= 11 is 1.45. The standard InChI is InChI=1S/C19H28N4OS/c1-14(2)11-23(12-15(3)4)17(24)13-25-19-21-20-18(22(19)5)16-9-7-6-8-10-16/h6-10,14-15H,11-13H2,1-5H3. The van der Waals surface area contributed by atoms with Crippen LogP contribution in [0.1, 0.15) is 27.7 Å². The maximum absolute atomic E-state index is 12.6. The third kappa shape index (κ3) is 5.59. The molecule has 0 radical (unpaired) electrons. The average molecular weight is 361 g/mol. The van der Waals surface area contributed by atoms with E-state index in [0.717, 1.165) is 29.6 Å². The van der Waals surface area contributed by atoms with Crippen LogP contribution in [0.3, 0.4) is 0 Å². The number of rotatable bonds is 8. The second kappa shape index (κ2) is 9.04. The highest BCUT2D eigenvalue weighted by Crippen LogP contribution is 2.22. The van der Waals surface area contributed by atoms with Gasteiger partial charge in [-0.3, -0.25) is 4.79 Å². The van der Waals surface area contributed by atoms with Gasteiger partial charge in [0, 0.05) is 25.7 Å². The highest BCUT2D eigenvalue weighted by molar-refractivity contribution is 7.99. The van der Waals surface area contributed by atoms with Gasteiger partial charge in [0.05, 0.1) is 5.75 Å². The molecule has 1 aromatic heterocycles. The lowest BCUT2D eigenvalue weighted by Gasteiger charge is -2.26. The van der Waals surface area contributed by atoms with Crippen molar-refractivity contribution in [1.82, 2.24) is 19.7 Å². The van der Waals surface area contributed by atoms with Crippen molar-refractivity contribution in [2.24, 2.45) is 18.9 Å². The summed E-state index contributed by atoms with van der Waals surface area (Å²) in [6.45, 7) is 10.2. The maximum atomic E-state index is 12.6. The Labute approximate surface area is 154 Å². The Morgan fingerprint density at radius 3 is 2.24 bits per heavy atom. The van der Waals surface area contributed by atoms with E-state index in [9.17, 15) is 4.79 Å². The van der Waals surface area contributed by atoms with Crippen molar-refractivity contribution in [2.45, 2.75) is 32.9 Å². The molecule has 0 bridgehead atoms. The Morgan fingerprint density at radius 2 is 1.68 bits per heavy atom. The molecular formula is C19H28N4OS. The lowest BCUT2D eigenvalue weighted by Crippen LogP contribution is -2.38. The molecule has 0 spiro atoms. The monoisotopic (exact) mass is 360 g/mol. The molecule has 0 aliphatic rings. The first-order chi connectivity index (χ1) is 11.9. The fraction of sp³-hybridized carbons (Fsp3) is 0.526. The largest absolute Gasteiger partial charge is 0.341 e. The molecule has 0 saturated carbocycles. The van der Waals surface area contributed by atoms with Gasteiger partial charge in [-0.2, -0.15) is 0 Å². The zero-order valence-corrected chi connectivity index (χ0v) is 16.6. The summed E-state index contributed by atoms with van der Waals surface area (Å²) in [5.41, 5.74) is 1.02. The summed E-state index contributed by atoms with van der Waals surface area (Å²) in [6, 6.07) is 9.96. The first-order valence-electron chi connectivity index (χ1n) is 8.73. The van der Waals surface area contributed by atoms with Gasteiger partial charge in [-0.05, 0) is 11.8 Å². The van der Waals surface area contributed by atoms with Crippen molar-refractivity contribution < 1.29 is 4.79 Å². The molecule has 0 aliphatic carbocycles. The van der Waals surface area contributed by atoms with E-state index in [4.69, 9.17) is 0 Å². The number of carbonyl (C=O) groups is 1. The van der Waals surface area contributed by atoms with E-state index in [0.29, 0.717) is 17.6 Å². The van der Waals surface area contributed by atoms with Crippen LogP contribution in [0.2, 0.25) is 0 Å². The Bertz CT molecular complexity index is 672. The van der Waals surface area contributed by atoms with Crippen LogP contribution < -0.4 is 0 Å². The summed E-state index contributed by atoms with van der Waals surface area (Å²) in [5, 5.41) is 9.29. The Hall–Kier alpha value is -1.82. The number of hydrogen-bond acceptors (Lipinski definition) is 4. The van der Waals surface area contributed by atoms with Gasteiger partial charge in [0.1, 0.15) is 0 Å². The first kappa shape index (κ1) is 19.5. The average Bonchev–Trinajstić information content (AvgIpc) is 2.92. The summed E-state index contributed by atoms with van der Waals surface area (Å²) in [5.74, 6) is 2.30. The third-order valence-electron chi connectivity index (χ3n) is 3.72. The molecule has 6 heteroatoms. The normalized spacial score (nSPS) is 11.3. The fourth-order valence-electron chi connectivity index (χ4n) is 2.66. The van der Waals surface area contributed by atoms with Gasteiger partial charge >= 0.3 is 0 Å². The highest BCUT2D eigenvalue weighted by atomic mass is 32.2. The highest BCUT2D eigenvalue weighted by Gasteiger charge is 2.18. The minimum Gasteiger partial charge on any atom is -0.341 e. The minimum atomic E-state index is 0.164. The van der Waals surface area contributed by atoms with Crippen molar-refractivity contribution in [3.63, 3.8) is 0 Å². The predicted octanol–water partition coefficient (Wildman–Crippen LogP) is 3.71. The van der Waals surface area contributed by atoms with E-state index < -0.39 is 0 Å². The van der Waals surface area contributed by atoms with Crippen molar-refractivity contribution in [3.8, 4) is 11.4 Å². The minimum absolute atomic E-state index is 0.164. The molecule has 25 heavy (non-hydrogen) atoms. The van der Waals surface area contributed by atoms with Gasteiger partial charge in [0.25, 0.3) is 0 Å². The summed E-state index contributed by atoms with van der Waals surface area (Å²) in [4.78, 5) is 14.6. The van der Waals surface area contributed by atoms with Gasteiger partial charge in [0.15, 0.2) is 11.0 Å². The van der Waals surface area contributed by atoms with E-state index in [1.165, 1.54) is 11.8 Å². The molecule has 0 atom stereocenters. The Kier molecular flexibility index (Phi) is 7.05. The summed E-state index contributed by atoms with van der Waals surface area (Å²) in [6.07, 6.45) is 0. The molecule has 5 nitrogen and oxygen atoms in total. The van der Waals surface area contributed by atoms with Crippen LogP contribution in [0.25, 0.3) is 11.4 Å². The van der Waals surface area contributed by atoms with E-state index >= 15 is 0 Å². The van der Waals surface area contributed by atoms with Crippen LogP contribution in [0.4, 0.5) is 0 Å². The van der Waals surface area contributed by atoms with Gasteiger partial charge in [-0.25, -0.2) is 0 Å². The number of carbonyl (C=O) groups excluding carboxylic acids is 1. The SMILES string of the molecule is CC(C)CN(CC(C)C)C(=O)CSc1nnc(-c2ccccc2)n1C. The van der Waals surface area contributed by atoms with Crippen LogP contribution in [0.5, 0.6) is 0 Å². The number of nitrogens with zero attached hydrogens (tertiary/aromatic N) is 4. The van der Waals surface area contributed by atoms with Crippen LogP contribution in [-0.2, 0) is 11.8 Å². The quantitative estimate of drug-likeness (QED) is 0.673. The fourth-order valence-corrected chi connectivity index (χ4v) is 3.47. The molecule has 1 amide bonds. The summed E-state index contributed by atoms with van der Waals surface area (Å²) < 4.78 is 1.95. The van der Waals surface area contributed by atoms with Gasteiger partial charge in [-0.1, -0.05) is 69.8 Å². The van der Waals surface area contributed by atoms with Gasteiger partial charge in [-0.15, -0.1) is 10.2 Å². The molecule has 0 aliphatic heterocycles. The molecule has 1 aromatic carbocycles. The van der Waals surface area contributed by atoms with Crippen LogP contribution in [0, 0.1) is 11.8 Å². The van der Waals surface area contributed by atoms with Crippen molar-refractivity contribution >= 4 is 17.7 Å². The Balaban J connectivity index is 2.02. The molecule has 136 valence electrons. The molecule has 1 heterocycles. The smallest absolute Gasteiger partial charge is 0.233 e. The molecule has 0 fully saturated rings. The maximum Gasteiger partial charge on any atom is 0.233 e. The van der Waals surface area contributed by atoms with Gasteiger partial charge < -0.3 is 9.47 Å². The summed E-state index contributed by atoms with van der Waals surface area (Å²) in [7, 11) is 1.94. The van der Waals surface area contributed by atoms with E-state index in [2.05, 4.69) is 37.9 Å². The van der Waals surface area contributed by atoms with E-state index in [1.54, 1.807) is 0 Å². The number of aromatic nitrogens is 3. The van der Waals surface area contributed by atoms with Crippen LogP contribution in [-0.4, -0.2) is 44.4 Å². The second-order valence-electron chi connectivity index (χ2n) is 7.11. The molecule has 2 rings (SSSR count). The first-order valence-corrected chi connectivity index (χ1v) is 9.72. The lowest BCUT2D eigenvalue weighted by atomic mass is 10.1.